The smallest absolute Gasteiger partial charge is 0.249 e. The van der Waals surface area contributed by atoms with E-state index in [4.69, 9.17) is 0 Å². The third kappa shape index (κ3) is 40.8. The summed E-state index contributed by atoms with van der Waals surface area (Å²) in [6.07, 6.45) is 56.8. The van der Waals surface area contributed by atoms with E-state index in [1.165, 1.54) is 212 Å². The molecule has 3 atom stereocenters. The molecular weight excluding hydrogens is 679 g/mol. The van der Waals surface area contributed by atoms with E-state index in [1.807, 2.05) is 6.08 Å². The molecular formula is C50H97NO4. The van der Waals surface area contributed by atoms with Gasteiger partial charge in [0.25, 0.3) is 0 Å². The lowest BCUT2D eigenvalue weighted by atomic mass is 10.0. The molecule has 0 aliphatic heterocycles. The van der Waals surface area contributed by atoms with E-state index in [1.54, 1.807) is 6.08 Å². The average Bonchev–Trinajstić information content (AvgIpc) is 3.19. The minimum atomic E-state index is -1.09. The normalized spacial score (nSPS) is 13.6. The van der Waals surface area contributed by atoms with Crippen LogP contribution in [0.25, 0.3) is 0 Å². The van der Waals surface area contributed by atoms with Crippen LogP contribution in [-0.4, -0.2) is 46.1 Å². The molecule has 0 aromatic rings. The number of aliphatic hydroxyl groups is 3. The highest BCUT2D eigenvalue weighted by atomic mass is 16.3. The predicted octanol–water partition coefficient (Wildman–Crippen LogP) is 14.6. The van der Waals surface area contributed by atoms with E-state index in [2.05, 4.69) is 31.3 Å². The zero-order valence-electron chi connectivity index (χ0n) is 37.1. The summed E-state index contributed by atoms with van der Waals surface area (Å²) in [6.45, 7) is 4.17. The molecule has 0 aromatic carbocycles. The highest BCUT2D eigenvalue weighted by Gasteiger charge is 2.22. The first-order valence-corrected chi connectivity index (χ1v) is 24.7. The first-order valence-electron chi connectivity index (χ1n) is 24.7. The van der Waals surface area contributed by atoms with Crippen LogP contribution in [-0.2, 0) is 4.79 Å². The van der Waals surface area contributed by atoms with Crippen LogP contribution in [0.15, 0.2) is 24.3 Å². The molecule has 3 unspecified atom stereocenters. The summed E-state index contributed by atoms with van der Waals surface area (Å²) >= 11 is 0. The van der Waals surface area contributed by atoms with Crippen molar-refractivity contribution in [3.63, 3.8) is 0 Å². The number of hydrogen-bond acceptors (Lipinski definition) is 4. The number of unbranched alkanes of at least 4 members (excludes halogenated alkanes) is 35. The van der Waals surface area contributed by atoms with E-state index in [-0.39, 0.29) is 6.61 Å². The molecule has 0 bridgehead atoms. The molecule has 0 aromatic heterocycles. The molecule has 1 amide bonds. The molecule has 5 nitrogen and oxygen atoms in total. The number of amides is 1. The quantitative estimate of drug-likeness (QED) is 0.0366. The molecule has 55 heavy (non-hydrogen) atoms. The van der Waals surface area contributed by atoms with Crippen molar-refractivity contribution in [3.8, 4) is 0 Å². The Kier molecular flexibility index (Phi) is 44.6. The van der Waals surface area contributed by atoms with Gasteiger partial charge in [0, 0.05) is 0 Å². The Labute approximate surface area is 343 Å². The molecule has 0 saturated carbocycles. The predicted molar refractivity (Wildman–Crippen MR) is 241 cm³/mol. The number of carbonyl (C=O) groups is 1. The van der Waals surface area contributed by atoms with Gasteiger partial charge in [0.1, 0.15) is 6.10 Å². The Bertz CT molecular complexity index is 814. The summed E-state index contributed by atoms with van der Waals surface area (Å²) < 4.78 is 0. The Morgan fingerprint density at radius 3 is 1.05 bits per heavy atom. The van der Waals surface area contributed by atoms with Crippen molar-refractivity contribution >= 4 is 5.91 Å². The van der Waals surface area contributed by atoms with E-state index in [0.29, 0.717) is 6.42 Å². The Balaban J connectivity index is 3.49. The molecule has 326 valence electrons. The monoisotopic (exact) mass is 776 g/mol. The van der Waals surface area contributed by atoms with Crippen LogP contribution in [0.3, 0.4) is 0 Å². The summed E-state index contributed by atoms with van der Waals surface area (Å²) in [4.78, 5) is 12.4. The third-order valence-electron chi connectivity index (χ3n) is 11.5. The standard InChI is InChI=1S/C50H97NO4/c1-3-5-7-9-11-13-15-16-17-18-19-20-21-22-23-24-25-26-27-28-29-30-31-32-33-34-35-37-39-41-43-45-49(54)50(55)51-47(46-52)48(53)44-42-40-38-36-14-12-10-8-6-4-2/h22-23,42,44,47-49,52-54H,3-21,24-41,43,45-46H2,1-2H3,(H,51,55)/b23-22-,44-42+. The van der Waals surface area contributed by atoms with Crippen LogP contribution in [0.1, 0.15) is 264 Å². The van der Waals surface area contributed by atoms with Crippen LogP contribution >= 0.6 is 0 Å². The zero-order valence-corrected chi connectivity index (χ0v) is 37.1. The van der Waals surface area contributed by atoms with E-state index in [9.17, 15) is 20.1 Å². The van der Waals surface area contributed by atoms with Crippen LogP contribution in [0.2, 0.25) is 0 Å². The minimum Gasteiger partial charge on any atom is -0.394 e. The van der Waals surface area contributed by atoms with Crippen molar-refractivity contribution in [2.24, 2.45) is 0 Å². The second-order valence-corrected chi connectivity index (χ2v) is 17.0. The van der Waals surface area contributed by atoms with Gasteiger partial charge in [-0.15, -0.1) is 0 Å². The molecule has 0 rings (SSSR count). The first-order chi connectivity index (χ1) is 27.1. The van der Waals surface area contributed by atoms with Crippen LogP contribution in [0.5, 0.6) is 0 Å². The number of carbonyl (C=O) groups excluding carboxylic acids is 1. The molecule has 0 saturated heterocycles. The summed E-state index contributed by atoms with van der Waals surface area (Å²) in [5.41, 5.74) is 0. The van der Waals surface area contributed by atoms with Gasteiger partial charge in [-0.3, -0.25) is 4.79 Å². The summed E-state index contributed by atoms with van der Waals surface area (Å²) in [7, 11) is 0. The van der Waals surface area contributed by atoms with Gasteiger partial charge in [0.15, 0.2) is 0 Å². The van der Waals surface area contributed by atoms with Gasteiger partial charge >= 0.3 is 0 Å². The van der Waals surface area contributed by atoms with Crippen molar-refractivity contribution in [3.05, 3.63) is 24.3 Å². The largest absolute Gasteiger partial charge is 0.394 e. The zero-order chi connectivity index (χ0) is 40.1. The highest BCUT2D eigenvalue weighted by Crippen LogP contribution is 2.16. The number of aliphatic hydroxyl groups excluding tert-OH is 3. The molecule has 4 N–H and O–H groups in total. The molecule has 0 fully saturated rings. The summed E-state index contributed by atoms with van der Waals surface area (Å²) in [6, 6.07) is -0.793. The third-order valence-corrected chi connectivity index (χ3v) is 11.5. The molecule has 0 aliphatic carbocycles. The fourth-order valence-corrected chi connectivity index (χ4v) is 7.65. The van der Waals surface area contributed by atoms with Crippen LogP contribution < -0.4 is 5.32 Å². The maximum Gasteiger partial charge on any atom is 0.249 e. The van der Waals surface area contributed by atoms with Gasteiger partial charge in [0.2, 0.25) is 5.91 Å². The van der Waals surface area contributed by atoms with Gasteiger partial charge in [-0.25, -0.2) is 0 Å². The average molecular weight is 776 g/mol. The Morgan fingerprint density at radius 1 is 0.436 bits per heavy atom. The van der Waals surface area contributed by atoms with Gasteiger partial charge in [-0.05, 0) is 44.9 Å². The number of allylic oxidation sites excluding steroid dienone is 3. The summed E-state index contributed by atoms with van der Waals surface area (Å²) in [5.74, 6) is -0.502. The van der Waals surface area contributed by atoms with Gasteiger partial charge in [-0.1, -0.05) is 244 Å². The molecule has 0 radical (unpaired) electrons. The Morgan fingerprint density at radius 2 is 0.727 bits per heavy atom. The van der Waals surface area contributed by atoms with Gasteiger partial charge < -0.3 is 20.6 Å². The fraction of sp³-hybridized carbons (Fsp3) is 0.900. The van der Waals surface area contributed by atoms with Gasteiger partial charge in [-0.2, -0.15) is 0 Å². The fourth-order valence-electron chi connectivity index (χ4n) is 7.65. The van der Waals surface area contributed by atoms with Crippen LogP contribution in [0.4, 0.5) is 0 Å². The SMILES string of the molecule is CCCCCCCCCC/C=C/C(O)C(CO)NC(=O)C(O)CCCCCCCCCCCCCCCCC/C=C\CCCCCCCCCCCCCC. The van der Waals surface area contributed by atoms with Crippen molar-refractivity contribution in [1.29, 1.82) is 0 Å². The number of nitrogens with one attached hydrogen (secondary N) is 1. The van der Waals surface area contributed by atoms with Crippen molar-refractivity contribution in [2.45, 2.75) is 283 Å². The lowest BCUT2D eigenvalue weighted by Gasteiger charge is -2.21. The Hall–Kier alpha value is -1.17. The molecule has 5 heteroatoms. The van der Waals surface area contributed by atoms with Crippen molar-refractivity contribution < 1.29 is 20.1 Å². The number of rotatable bonds is 45. The second-order valence-electron chi connectivity index (χ2n) is 17.0. The molecule has 0 aliphatic rings. The van der Waals surface area contributed by atoms with Crippen molar-refractivity contribution in [2.75, 3.05) is 6.61 Å². The highest BCUT2D eigenvalue weighted by molar-refractivity contribution is 5.80. The maximum absolute atomic E-state index is 12.4. The maximum atomic E-state index is 12.4. The van der Waals surface area contributed by atoms with Gasteiger partial charge in [0.05, 0.1) is 18.8 Å². The topological polar surface area (TPSA) is 89.8 Å². The molecule has 0 heterocycles. The van der Waals surface area contributed by atoms with E-state index < -0.39 is 24.2 Å². The van der Waals surface area contributed by atoms with Crippen molar-refractivity contribution in [1.82, 2.24) is 5.32 Å². The van der Waals surface area contributed by atoms with Crippen LogP contribution in [0, 0.1) is 0 Å². The van der Waals surface area contributed by atoms with E-state index >= 15 is 0 Å². The second kappa shape index (κ2) is 45.5. The lowest BCUT2D eigenvalue weighted by molar-refractivity contribution is -0.131. The summed E-state index contributed by atoms with van der Waals surface area (Å²) in [5, 5.41) is 33.1. The van der Waals surface area contributed by atoms with E-state index in [0.717, 1.165) is 32.1 Å². The lowest BCUT2D eigenvalue weighted by Crippen LogP contribution is -2.48. The minimum absolute atomic E-state index is 0.362. The first kappa shape index (κ1) is 53.8. The number of hydrogen-bond donors (Lipinski definition) is 4. The molecule has 0 spiro atoms.